The van der Waals surface area contributed by atoms with Gasteiger partial charge in [-0.3, -0.25) is 9.18 Å². The summed E-state index contributed by atoms with van der Waals surface area (Å²) >= 11 is 0. The quantitative estimate of drug-likeness (QED) is 0.606. The van der Waals surface area contributed by atoms with E-state index in [2.05, 4.69) is 0 Å². The van der Waals surface area contributed by atoms with Crippen LogP contribution >= 0.6 is 0 Å². The van der Waals surface area contributed by atoms with Crippen LogP contribution in [0, 0.1) is 5.92 Å². The number of hydrogen-bond acceptors (Lipinski definition) is 2. The molecule has 0 radical (unpaired) electrons. The number of halogens is 1. The summed E-state index contributed by atoms with van der Waals surface area (Å²) in [6.45, 7) is 0.935. The Morgan fingerprint density at radius 1 is 1.73 bits per heavy atom. The molecule has 1 rings (SSSR count). The molecule has 64 valence electrons. The Bertz CT molecular complexity index is 151. The molecule has 1 aliphatic heterocycles. The van der Waals surface area contributed by atoms with E-state index in [4.69, 9.17) is 5.73 Å². The van der Waals surface area contributed by atoms with Gasteiger partial charge in [0.15, 0.2) is 0 Å². The maximum atomic E-state index is 12.1. The zero-order valence-electron chi connectivity index (χ0n) is 6.42. The van der Waals surface area contributed by atoms with Crippen molar-refractivity contribution >= 4 is 5.91 Å². The molecule has 3 nitrogen and oxygen atoms in total. The van der Waals surface area contributed by atoms with Crippen LogP contribution in [0.1, 0.15) is 6.42 Å². The second-order valence-electron chi connectivity index (χ2n) is 2.85. The van der Waals surface area contributed by atoms with Crippen LogP contribution in [-0.2, 0) is 4.79 Å². The molecule has 1 aliphatic rings. The zero-order chi connectivity index (χ0) is 8.27. The molecule has 2 N–H and O–H groups in total. The van der Waals surface area contributed by atoms with Crippen molar-refractivity contribution in [2.75, 3.05) is 26.3 Å². The van der Waals surface area contributed by atoms with Crippen molar-refractivity contribution in [3.63, 3.8) is 0 Å². The standard InChI is InChI=1S/C7H13FN2O/c8-3-6-1-2-10(5-6)7(11)4-9/h6H,1-5,9H2/t6-/m1/s1. The Hall–Kier alpha value is -0.640. The molecule has 11 heavy (non-hydrogen) atoms. The van der Waals surface area contributed by atoms with Gasteiger partial charge in [-0.05, 0) is 6.42 Å². The first-order valence-electron chi connectivity index (χ1n) is 3.81. The van der Waals surface area contributed by atoms with Crippen molar-refractivity contribution in [1.82, 2.24) is 4.90 Å². The molecule has 0 spiro atoms. The van der Waals surface area contributed by atoms with Gasteiger partial charge in [0.1, 0.15) is 0 Å². The summed E-state index contributed by atoms with van der Waals surface area (Å²) < 4.78 is 12.1. The predicted molar refractivity (Wildman–Crippen MR) is 39.7 cm³/mol. The second-order valence-corrected chi connectivity index (χ2v) is 2.85. The van der Waals surface area contributed by atoms with Crippen LogP contribution in [0.25, 0.3) is 0 Å². The summed E-state index contributed by atoms with van der Waals surface area (Å²) in [5, 5.41) is 0. The molecule has 1 saturated heterocycles. The van der Waals surface area contributed by atoms with E-state index in [0.29, 0.717) is 13.1 Å². The Labute approximate surface area is 65.3 Å². The van der Waals surface area contributed by atoms with E-state index in [-0.39, 0.29) is 25.0 Å². The number of alkyl halides is 1. The molecule has 0 bridgehead atoms. The Kier molecular flexibility index (Phi) is 2.82. The Balaban J connectivity index is 2.35. The number of amides is 1. The summed E-state index contributed by atoms with van der Waals surface area (Å²) in [6.07, 6.45) is 0.780. The summed E-state index contributed by atoms with van der Waals surface area (Å²) in [6, 6.07) is 0. The molecule has 1 fully saturated rings. The minimum Gasteiger partial charge on any atom is -0.341 e. The summed E-state index contributed by atoms with van der Waals surface area (Å²) in [4.78, 5) is 12.6. The molecule has 0 aliphatic carbocycles. The van der Waals surface area contributed by atoms with Crippen molar-refractivity contribution in [2.24, 2.45) is 11.7 Å². The molecule has 0 aromatic heterocycles. The molecule has 0 aromatic carbocycles. The van der Waals surface area contributed by atoms with Crippen LogP contribution < -0.4 is 5.73 Å². The summed E-state index contributed by atoms with van der Waals surface area (Å²) in [5.41, 5.74) is 5.15. The zero-order valence-corrected chi connectivity index (χ0v) is 6.42. The van der Waals surface area contributed by atoms with Gasteiger partial charge in [0.25, 0.3) is 0 Å². The highest BCUT2D eigenvalue weighted by Crippen LogP contribution is 2.15. The molecule has 4 heteroatoms. The highest BCUT2D eigenvalue weighted by atomic mass is 19.1. The minimum atomic E-state index is -0.325. The lowest BCUT2D eigenvalue weighted by molar-refractivity contribution is -0.128. The first-order valence-corrected chi connectivity index (χ1v) is 3.81. The maximum Gasteiger partial charge on any atom is 0.236 e. The van der Waals surface area contributed by atoms with Crippen molar-refractivity contribution in [2.45, 2.75) is 6.42 Å². The van der Waals surface area contributed by atoms with Crippen molar-refractivity contribution in [3.05, 3.63) is 0 Å². The number of likely N-dealkylation sites (tertiary alicyclic amines) is 1. The van der Waals surface area contributed by atoms with E-state index in [0.717, 1.165) is 6.42 Å². The van der Waals surface area contributed by atoms with Gasteiger partial charge in [0.05, 0.1) is 13.2 Å². The fourth-order valence-electron chi connectivity index (χ4n) is 1.31. The SMILES string of the molecule is NCC(=O)N1CC[C@H](CF)C1. The van der Waals surface area contributed by atoms with Gasteiger partial charge in [0.2, 0.25) is 5.91 Å². The highest BCUT2D eigenvalue weighted by Gasteiger charge is 2.24. The van der Waals surface area contributed by atoms with Crippen molar-refractivity contribution in [3.8, 4) is 0 Å². The minimum absolute atomic E-state index is 0.0407. The number of nitrogens with zero attached hydrogens (tertiary/aromatic N) is 1. The lowest BCUT2D eigenvalue weighted by atomic mass is 10.1. The number of carbonyl (C=O) groups excluding carboxylic acids is 1. The van der Waals surface area contributed by atoms with E-state index in [1.807, 2.05) is 0 Å². The van der Waals surface area contributed by atoms with Crippen molar-refractivity contribution in [1.29, 1.82) is 0 Å². The molecule has 1 heterocycles. The lowest BCUT2D eigenvalue weighted by Crippen LogP contribution is -2.34. The van der Waals surface area contributed by atoms with E-state index in [1.54, 1.807) is 4.90 Å². The molecule has 1 atom stereocenters. The highest BCUT2D eigenvalue weighted by molar-refractivity contribution is 5.78. The van der Waals surface area contributed by atoms with Gasteiger partial charge in [-0.2, -0.15) is 0 Å². The van der Waals surface area contributed by atoms with Crippen LogP contribution in [0.2, 0.25) is 0 Å². The number of hydrogen-bond donors (Lipinski definition) is 1. The van der Waals surface area contributed by atoms with Gasteiger partial charge in [0, 0.05) is 19.0 Å². The van der Waals surface area contributed by atoms with E-state index < -0.39 is 0 Å². The monoisotopic (exact) mass is 160 g/mol. The molecular weight excluding hydrogens is 147 g/mol. The number of rotatable bonds is 2. The smallest absolute Gasteiger partial charge is 0.236 e. The van der Waals surface area contributed by atoms with Crippen LogP contribution in [0.3, 0.4) is 0 Å². The van der Waals surface area contributed by atoms with Crippen LogP contribution in [0.4, 0.5) is 4.39 Å². The Morgan fingerprint density at radius 2 is 2.45 bits per heavy atom. The van der Waals surface area contributed by atoms with Gasteiger partial charge in [-0.25, -0.2) is 0 Å². The molecule has 0 saturated carbocycles. The molecule has 1 amide bonds. The fraction of sp³-hybridized carbons (Fsp3) is 0.857. The average molecular weight is 160 g/mol. The predicted octanol–water partition coefficient (Wildman–Crippen LogP) is -0.237. The fourth-order valence-corrected chi connectivity index (χ4v) is 1.31. The van der Waals surface area contributed by atoms with Crippen LogP contribution in [0.15, 0.2) is 0 Å². The van der Waals surface area contributed by atoms with E-state index in [9.17, 15) is 9.18 Å². The van der Waals surface area contributed by atoms with Crippen LogP contribution in [0.5, 0.6) is 0 Å². The average Bonchev–Trinajstić information content (AvgIpc) is 2.50. The van der Waals surface area contributed by atoms with Crippen molar-refractivity contribution < 1.29 is 9.18 Å². The summed E-state index contributed by atoms with van der Waals surface area (Å²) in [5.74, 6) is -0.0218. The first kappa shape index (κ1) is 8.46. The van der Waals surface area contributed by atoms with Crippen LogP contribution in [-0.4, -0.2) is 37.1 Å². The third-order valence-electron chi connectivity index (χ3n) is 2.03. The van der Waals surface area contributed by atoms with E-state index >= 15 is 0 Å². The van der Waals surface area contributed by atoms with E-state index in [1.165, 1.54) is 0 Å². The molecule has 0 aromatic rings. The summed E-state index contributed by atoms with van der Waals surface area (Å²) in [7, 11) is 0. The normalized spacial score (nSPS) is 24.2. The van der Waals surface area contributed by atoms with Gasteiger partial charge in [-0.15, -0.1) is 0 Å². The maximum absolute atomic E-state index is 12.1. The second kappa shape index (κ2) is 3.67. The van der Waals surface area contributed by atoms with Gasteiger partial charge < -0.3 is 10.6 Å². The molecule has 0 unspecified atom stereocenters. The number of carbonyl (C=O) groups is 1. The first-order chi connectivity index (χ1) is 5.27. The largest absolute Gasteiger partial charge is 0.341 e. The topological polar surface area (TPSA) is 46.3 Å². The van der Waals surface area contributed by atoms with Gasteiger partial charge >= 0.3 is 0 Å². The van der Waals surface area contributed by atoms with Gasteiger partial charge in [-0.1, -0.05) is 0 Å². The lowest BCUT2D eigenvalue weighted by Gasteiger charge is -2.13. The third kappa shape index (κ3) is 1.89. The molecular formula is C7H13FN2O. The number of nitrogens with two attached hydrogens (primary N) is 1. The Morgan fingerprint density at radius 3 is 2.91 bits per heavy atom. The third-order valence-corrected chi connectivity index (χ3v) is 2.03.